The third-order valence-corrected chi connectivity index (χ3v) is 4.70. The third kappa shape index (κ3) is 5.90. The second-order valence-electron chi connectivity index (χ2n) is 5.42. The molecule has 23 heavy (non-hydrogen) atoms. The second kappa shape index (κ2) is 7.86. The van der Waals surface area contributed by atoms with E-state index in [1.807, 2.05) is 0 Å². The number of hydrogen-bond donors (Lipinski definition) is 1. The van der Waals surface area contributed by atoms with E-state index < -0.39 is 15.9 Å². The van der Waals surface area contributed by atoms with Crippen LogP contribution in [0, 0.1) is 6.92 Å². The van der Waals surface area contributed by atoms with Crippen LogP contribution in [-0.4, -0.2) is 80.9 Å². The summed E-state index contributed by atoms with van der Waals surface area (Å²) in [7, 11) is -3.48. The Morgan fingerprint density at radius 3 is 2.70 bits per heavy atom. The normalized spacial score (nSPS) is 16.7. The molecule has 0 atom stereocenters. The fourth-order valence-corrected chi connectivity index (χ4v) is 2.97. The van der Waals surface area contributed by atoms with Gasteiger partial charge in [-0.25, -0.2) is 8.42 Å². The van der Waals surface area contributed by atoms with E-state index in [4.69, 9.17) is 9.26 Å². The molecule has 2 rings (SSSR count). The van der Waals surface area contributed by atoms with Crippen molar-refractivity contribution in [2.45, 2.75) is 6.92 Å². The molecule has 1 aromatic heterocycles. The van der Waals surface area contributed by atoms with E-state index in [0.29, 0.717) is 25.5 Å². The van der Waals surface area contributed by atoms with E-state index in [1.165, 1.54) is 0 Å². The van der Waals surface area contributed by atoms with Crippen LogP contribution < -0.4 is 5.32 Å². The SMILES string of the molecule is Cc1cc(NC(=O)CN(CCN2CCOCC2)S(C)(=O)=O)no1. The molecule has 1 saturated heterocycles. The highest BCUT2D eigenvalue weighted by atomic mass is 32.2. The van der Waals surface area contributed by atoms with Crippen molar-refractivity contribution >= 4 is 21.7 Å². The Labute approximate surface area is 135 Å². The zero-order valence-electron chi connectivity index (χ0n) is 13.3. The van der Waals surface area contributed by atoms with Crippen molar-refractivity contribution in [2.24, 2.45) is 0 Å². The van der Waals surface area contributed by atoms with E-state index in [2.05, 4.69) is 15.4 Å². The van der Waals surface area contributed by atoms with Crippen LogP contribution >= 0.6 is 0 Å². The number of anilines is 1. The molecule has 0 spiro atoms. The molecular weight excluding hydrogens is 324 g/mol. The van der Waals surface area contributed by atoms with Gasteiger partial charge in [0.05, 0.1) is 26.0 Å². The van der Waals surface area contributed by atoms with Crippen LogP contribution in [0.4, 0.5) is 5.82 Å². The highest BCUT2D eigenvalue weighted by molar-refractivity contribution is 7.88. The molecular formula is C13H22N4O5S. The molecule has 0 saturated carbocycles. The molecule has 9 nitrogen and oxygen atoms in total. The molecule has 1 fully saturated rings. The van der Waals surface area contributed by atoms with Crippen molar-refractivity contribution in [3.05, 3.63) is 11.8 Å². The average molecular weight is 346 g/mol. The van der Waals surface area contributed by atoms with Gasteiger partial charge in [0.25, 0.3) is 0 Å². The van der Waals surface area contributed by atoms with E-state index >= 15 is 0 Å². The van der Waals surface area contributed by atoms with Crippen LogP contribution in [0.2, 0.25) is 0 Å². The number of morpholine rings is 1. The molecule has 130 valence electrons. The van der Waals surface area contributed by atoms with Gasteiger partial charge in [-0.3, -0.25) is 9.69 Å². The molecule has 1 aliphatic heterocycles. The predicted molar refractivity (Wildman–Crippen MR) is 83.5 cm³/mol. The molecule has 0 unspecified atom stereocenters. The smallest absolute Gasteiger partial charge is 0.240 e. The number of ether oxygens (including phenoxy) is 1. The number of sulfonamides is 1. The van der Waals surface area contributed by atoms with Crippen molar-refractivity contribution in [3.8, 4) is 0 Å². The number of rotatable bonds is 7. The number of amides is 1. The van der Waals surface area contributed by atoms with Gasteiger partial charge < -0.3 is 14.6 Å². The van der Waals surface area contributed by atoms with Crippen molar-refractivity contribution < 1.29 is 22.5 Å². The molecule has 1 aliphatic rings. The molecule has 0 aliphatic carbocycles. The maximum atomic E-state index is 12.0. The van der Waals surface area contributed by atoms with Gasteiger partial charge in [-0.05, 0) is 6.92 Å². The number of hydrogen-bond acceptors (Lipinski definition) is 7. The van der Waals surface area contributed by atoms with Crippen LogP contribution in [0.1, 0.15) is 5.76 Å². The van der Waals surface area contributed by atoms with Gasteiger partial charge in [-0.1, -0.05) is 5.16 Å². The summed E-state index contributed by atoms with van der Waals surface area (Å²) in [5.74, 6) is 0.382. The fourth-order valence-electron chi connectivity index (χ4n) is 2.21. The van der Waals surface area contributed by atoms with E-state index in [-0.39, 0.29) is 18.9 Å². The Morgan fingerprint density at radius 2 is 2.13 bits per heavy atom. The van der Waals surface area contributed by atoms with Gasteiger partial charge >= 0.3 is 0 Å². The van der Waals surface area contributed by atoms with Gasteiger partial charge in [0.15, 0.2) is 5.82 Å². The number of nitrogens with one attached hydrogen (secondary N) is 1. The van der Waals surface area contributed by atoms with Crippen molar-refractivity contribution in [1.29, 1.82) is 0 Å². The highest BCUT2D eigenvalue weighted by Crippen LogP contribution is 2.08. The molecule has 1 amide bonds. The Hall–Kier alpha value is -1.49. The maximum absolute atomic E-state index is 12.0. The molecule has 2 heterocycles. The summed E-state index contributed by atoms with van der Waals surface area (Å²) in [5, 5.41) is 6.17. The minimum absolute atomic E-state index is 0.254. The second-order valence-corrected chi connectivity index (χ2v) is 7.40. The number of aromatic nitrogens is 1. The molecule has 10 heteroatoms. The molecule has 1 aromatic rings. The zero-order chi connectivity index (χ0) is 16.9. The first kappa shape index (κ1) is 17.9. The van der Waals surface area contributed by atoms with Crippen LogP contribution in [-0.2, 0) is 19.6 Å². The lowest BCUT2D eigenvalue weighted by atomic mass is 10.4. The number of carbonyl (C=O) groups is 1. The van der Waals surface area contributed by atoms with Crippen LogP contribution in [0.3, 0.4) is 0 Å². The Balaban J connectivity index is 1.88. The quantitative estimate of drug-likeness (QED) is 0.710. The summed E-state index contributed by atoms with van der Waals surface area (Å²) >= 11 is 0. The Bertz CT molecular complexity index is 624. The highest BCUT2D eigenvalue weighted by Gasteiger charge is 2.22. The van der Waals surface area contributed by atoms with Gasteiger partial charge in [0.2, 0.25) is 15.9 Å². The lowest BCUT2D eigenvalue weighted by Crippen LogP contribution is -2.45. The first-order valence-corrected chi connectivity index (χ1v) is 9.18. The molecule has 0 bridgehead atoms. The first-order chi connectivity index (χ1) is 10.8. The summed E-state index contributed by atoms with van der Waals surface area (Å²) in [4.78, 5) is 14.1. The minimum atomic E-state index is -3.48. The lowest BCUT2D eigenvalue weighted by molar-refractivity contribution is -0.116. The van der Waals surface area contributed by atoms with Crippen molar-refractivity contribution in [1.82, 2.24) is 14.4 Å². The van der Waals surface area contributed by atoms with Gasteiger partial charge in [0, 0.05) is 32.2 Å². The molecule has 0 radical (unpaired) electrons. The number of aryl methyl sites for hydroxylation is 1. The van der Waals surface area contributed by atoms with Crippen LogP contribution in [0.15, 0.2) is 10.6 Å². The van der Waals surface area contributed by atoms with Crippen molar-refractivity contribution in [2.75, 3.05) is 57.5 Å². The first-order valence-electron chi connectivity index (χ1n) is 7.33. The molecule has 0 aromatic carbocycles. The van der Waals surface area contributed by atoms with E-state index in [0.717, 1.165) is 23.7 Å². The fraction of sp³-hybridized carbons (Fsp3) is 0.692. The van der Waals surface area contributed by atoms with Gasteiger partial charge in [0.1, 0.15) is 5.76 Å². The van der Waals surface area contributed by atoms with Crippen LogP contribution in [0.5, 0.6) is 0 Å². The third-order valence-electron chi connectivity index (χ3n) is 3.45. The van der Waals surface area contributed by atoms with Gasteiger partial charge in [-0.2, -0.15) is 4.31 Å². The van der Waals surface area contributed by atoms with Gasteiger partial charge in [-0.15, -0.1) is 0 Å². The summed E-state index contributed by atoms with van der Waals surface area (Å²) in [5.41, 5.74) is 0. The number of nitrogens with zero attached hydrogens (tertiary/aromatic N) is 3. The maximum Gasteiger partial charge on any atom is 0.240 e. The lowest BCUT2D eigenvalue weighted by Gasteiger charge is -2.28. The Morgan fingerprint density at radius 1 is 1.43 bits per heavy atom. The summed E-state index contributed by atoms with van der Waals surface area (Å²) in [6.45, 7) is 5.08. The summed E-state index contributed by atoms with van der Waals surface area (Å²) in [6, 6.07) is 1.57. The van der Waals surface area contributed by atoms with E-state index in [9.17, 15) is 13.2 Å². The standard InChI is InChI=1S/C13H22N4O5S/c1-11-9-12(15-22-11)14-13(18)10-17(23(2,19)20)4-3-16-5-7-21-8-6-16/h9H,3-8,10H2,1-2H3,(H,14,15,18). The monoisotopic (exact) mass is 346 g/mol. The minimum Gasteiger partial charge on any atom is -0.379 e. The van der Waals surface area contributed by atoms with E-state index in [1.54, 1.807) is 13.0 Å². The summed E-state index contributed by atoms with van der Waals surface area (Å²) < 4.78 is 35.0. The van der Waals surface area contributed by atoms with Crippen molar-refractivity contribution in [3.63, 3.8) is 0 Å². The average Bonchev–Trinajstić information content (AvgIpc) is 2.88. The molecule has 1 N–H and O–H groups in total. The topological polar surface area (TPSA) is 105 Å². The Kier molecular flexibility index (Phi) is 6.10. The number of carbonyl (C=O) groups excluding carboxylic acids is 1. The zero-order valence-corrected chi connectivity index (χ0v) is 14.1. The summed E-state index contributed by atoms with van der Waals surface area (Å²) in [6.07, 6.45) is 1.10. The largest absolute Gasteiger partial charge is 0.379 e. The predicted octanol–water partition coefficient (Wildman–Crippen LogP) is -0.485. The van der Waals surface area contributed by atoms with Crippen LogP contribution in [0.25, 0.3) is 0 Å².